The van der Waals surface area contributed by atoms with Crippen molar-refractivity contribution in [2.45, 2.75) is 38.8 Å². The van der Waals surface area contributed by atoms with Crippen LogP contribution in [-0.4, -0.2) is 47.9 Å². The topological polar surface area (TPSA) is 49.6 Å². The second-order valence-electron chi connectivity index (χ2n) is 6.01. The van der Waals surface area contributed by atoms with Crippen molar-refractivity contribution in [3.05, 3.63) is 28.8 Å². The third kappa shape index (κ3) is 3.69. The molecule has 0 bridgehead atoms. The summed E-state index contributed by atoms with van der Waals surface area (Å²) in [5, 5.41) is 0.553. The SMILES string of the molecule is CC(C)N1CCC(N(C)C(=O)c2ccc(Cl)cc2N)CC1. The van der Waals surface area contributed by atoms with E-state index in [1.165, 1.54) is 0 Å². The molecule has 116 valence electrons. The van der Waals surface area contributed by atoms with E-state index in [0.717, 1.165) is 25.9 Å². The number of amides is 1. The van der Waals surface area contributed by atoms with E-state index in [2.05, 4.69) is 18.7 Å². The molecule has 2 N–H and O–H groups in total. The molecule has 0 saturated carbocycles. The van der Waals surface area contributed by atoms with E-state index < -0.39 is 0 Å². The fraction of sp³-hybridized carbons (Fsp3) is 0.562. The minimum atomic E-state index is -0.0211. The summed E-state index contributed by atoms with van der Waals surface area (Å²) in [6.45, 7) is 6.50. The molecular formula is C16H24ClN3O. The van der Waals surface area contributed by atoms with Gasteiger partial charge in [-0.3, -0.25) is 4.79 Å². The number of hydrogen-bond acceptors (Lipinski definition) is 3. The van der Waals surface area contributed by atoms with Crippen molar-refractivity contribution in [2.24, 2.45) is 0 Å². The molecule has 0 aliphatic carbocycles. The molecule has 0 atom stereocenters. The number of nitrogen functional groups attached to an aromatic ring is 1. The molecule has 1 fully saturated rings. The van der Waals surface area contributed by atoms with Crippen LogP contribution in [0.4, 0.5) is 5.69 Å². The molecule has 1 heterocycles. The number of benzene rings is 1. The summed E-state index contributed by atoms with van der Waals surface area (Å²) in [5.74, 6) is -0.0211. The number of hydrogen-bond donors (Lipinski definition) is 1. The fourth-order valence-corrected chi connectivity index (χ4v) is 3.05. The minimum absolute atomic E-state index is 0.0211. The van der Waals surface area contributed by atoms with Gasteiger partial charge < -0.3 is 15.5 Å². The molecule has 1 aromatic carbocycles. The molecule has 2 rings (SSSR count). The molecule has 1 amide bonds. The van der Waals surface area contributed by atoms with Crippen LogP contribution in [0.1, 0.15) is 37.0 Å². The monoisotopic (exact) mass is 309 g/mol. The van der Waals surface area contributed by atoms with Crippen molar-refractivity contribution in [2.75, 3.05) is 25.9 Å². The Morgan fingerprint density at radius 1 is 1.38 bits per heavy atom. The summed E-state index contributed by atoms with van der Waals surface area (Å²) < 4.78 is 0. The lowest BCUT2D eigenvalue weighted by atomic mass is 10.0. The van der Waals surface area contributed by atoms with E-state index in [1.807, 2.05) is 11.9 Å². The molecule has 0 aromatic heterocycles. The van der Waals surface area contributed by atoms with Crippen molar-refractivity contribution in [1.82, 2.24) is 9.80 Å². The first-order valence-electron chi connectivity index (χ1n) is 7.46. The Labute approximate surface area is 131 Å². The van der Waals surface area contributed by atoms with Crippen LogP contribution >= 0.6 is 11.6 Å². The second kappa shape index (κ2) is 6.67. The third-order valence-corrected chi connectivity index (χ3v) is 4.58. The van der Waals surface area contributed by atoms with E-state index in [0.29, 0.717) is 22.3 Å². The number of halogens is 1. The fourth-order valence-electron chi connectivity index (χ4n) is 2.87. The van der Waals surface area contributed by atoms with E-state index >= 15 is 0 Å². The summed E-state index contributed by atoms with van der Waals surface area (Å²) in [6, 6.07) is 5.89. The lowest BCUT2D eigenvalue weighted by molar-refractivity contribution is 0.0616. The van der Waals surface area contributed by atoms with Gasteiger partial charge in [-0.2, -0.15) is 0 Å². The Kier molecular flexibility index (Phi) is 5.12. The standard InChI is InChI=1S/C16H24ClN3O/c1-11(2)20-8-6-13(7-9-20)19(3)16(21)14-5-4-12(17)10-15(14)18/h4-5,10-11,13H,6-9,18H2,1-3H3. The van der Waals surface area contributed by atoms with Crippen LogP contribution in [0.2, 0.25) is 5.02 Å². The van der Waals surface area contributed by atoms with Crippen molar-refractivity contribution in [3.63, 3.8) is 0 Å². The maximum atomic E-state index is 12.6. The van der Waals surface area contributed by atoms with Gasteiger partial charge in [0.15, 0.2) is 0 Å². The molecule has 0 radical (unpaired) electrons. The number of nitrogens with two attached hydrogens (primary N) is 1. The van der Waals surface area contributed by atoms with Gasteiger partial charge in [-0.25, -0.2) is 0 Å². The van der Waals surface area contributed by atoms with E-state index in [1.54, 1.807) is 18.2 Å². The molecule has 1 saturated heterocycles. The average Bonchev–Trinajstić information content (AvgIpc) is 2.46. The maximum Gasteiger partial charge on any atom is 0.255 e. The predicted molar refractivity (Wildman–Crippen MR) is 87.7 cm³/mol. The molecule has 1 aliphatic rings. The van der Waals surface area contributed by atoms with Crippen molar-refractivity contribution in [3.8, 4) is 0 Å². The van der Waals surface area contributed by atoms with Gasteiger partial charge in [0.1, 0.15) is 0 Å². The summed E-state index contributed by atoms with van der Waals surface area (Å²) in [6.07, 6.45) is 2.02. The van der Waals surface area contributed by atoms with Crippen LogP contribution in [0.15, 0.2) is 18.2 Å². The molecule has 4 nitrogen and oxygen atoms in total. The summed E-state index contributed by atoms with van der Waals surface area (Å²) in [4.78, 5) is 16.9. The Balaban J connectivity index is 2.03. The second-order valence-corrected chi connectivity index (χ2v) is 6.44. The third-order valence-electron chi connectivity index (χ3n) is 4.34. The lowest BCUT2D eigenvalue weighted by Gasteiger charge is -2.38. The number of nitrogens with zero attached hydrogens (tertiary/aromatic N) is 2. The molecule has 21 heavy (non-hydrogen) atoms. The first kappa shape index (κ1) is 16.1. The molecule has 0 spiro atoms. The Hall–Kier alpha value is -1.26. The Morgan fingerprint density at radius 2 is 2.00 bits per heavy atom. The van der Waals surface area contributed by atoms with Gasteiger partial charge in [-0.05, 0) is 44.9 Å². The number of carbonyl (C=O) groups excluding carboxylic acids is 1. The van der Waals surface area contributed by atoms with Crippen molar-refractivity contribution in [1.29, 1.82) is 0 Å². The number of piperidine rings is 1. The zero-order chi connectivity index (χ0) is 15.6. The zero-order valence-electron chi connectivity index (χ0n) is 13.0. The zero-order valence-corrected chi connectivity index (χ0v) is 13.7. The number of rotatable bonds is 3. The van der Waals surface area contributed by atoms with Crippen molar-refractivity contribution >= 4 is 23.2 Å². The Morgan fingerprint density at radius 3 is 2.52 bits per heavy atom. The van der Waals surface area contributed by atoms with E-state index in [9.17, 15) is 4.79 Å². The first-order chi connectivity index (χ1) is 9.90. The highest BCUT2D eigenvalue weighted by molar-refractivity contribution is 6.31. The quantitative estimate of drug-likeness (QED) is 0.874. The van der Waals surface area contributed by atoms with Crippen molar-refractivity contribution < 1.29 is 4.79 Å². The highest BCUT2D eigenvalue weighted by Crippen LogP contribution is 2.23. The lowest BCUT2D eigenvalue weighted by Crippen LogP contribution is -2.47. The molecule has 1 aromatic rings. The normalized spacial score (nSPS) is 17.2. The van der Waals surface area contributed by atoms with Crippen LogP contribution in [-0.2, 0) is 0 Å². The van der Waals surface area contributed by atoms with Crippen LogP contribution in [0, 0.1) is 0 Å². The predicted octanol–water partition coefficient (Wildman–Crippen LogP) is 2.87. The minimum Gasteiger partial charge on any atom is -0.398 e. The van der Waals surface area contributed by atoms with Crippen LogP contribution in [0.3, 0.4) is 0 Å². The summed E-state index contributed by atoms with van der Waals surface area (Å²) >= 11 is 5.89. The van der Waals surface area contributed by atoms with Gasteiger partial charge in [0, 0.05) is 42.9 Å². The molecule has 1 aliphatic heterocycles. The molecular weight excluding hydrogens is 286 g/mol. The molecule has 5 heteroatoms. The van der Waals surface area contributed by atoms with Gasteiger partial charge in [0.25, 0.3) is 5.91 Å². The van der Waals surface area contributed by atoms with Crippen LogP contribution < -0.4 is 5.73 Å². The maximum absolute atomic E-state index is 12.6. The van der Waals surface area contributed by atoms with Gasteiger partial charge in [0.2, 0.25) is 0 Å². The highest BCUT2D eigenvalue weighted by atomic mass is 35.5. The first-order valence-corrected chi connectivity index (χ1v) is 7.84. The van der Waals surface area contributed by atoms with E-state index in [-0.39, 0.29) is 11.9 Å². The van der Waals surface area contributed by atoms with E-state index in [4.69, 9.17) is 17.3 Å². The number of carbonyl (C=O) groups is 1. The highest BCUT2D eigenvalue weighted by Gasteiger charge is 2.27. The molecule has 0 unspecified atom stereocenters. The smallest absolute Gasteiger partial charge is 0.255 e. The largest absolute Gasteiger partial charge is 0.398 e. The summed E-state index contributed by atoms with van der Waals surface area (Å²) in [7, 11) is 1.87. The van der Waals surface area contributed by atoms with Gasteiger partial charge in [-0.15, -0.1) is 0 Å². The summed E-state index contributed by atoms with van der Waals surface area (Å²) in [5.41, 5.74) is 6.89. The van der Waals surface area contributed by atoms with Gasteiger partial charge in [-0.1, -0.05) is 11.6 Å². The average molecular weight is 310 g/mol. The number of anilines is 1. The van der Waals surface area contributed by atoms with Crippen LogP contribution in [0.5, 0.6) is 0 Å². The van der Waals surface area contributed by atoms with Gasteiger partial charge in [0.05, 0.1) is 5.56 Å². The van der Waals surface area contributed by atoms with Gasteiger partial charge >= 0.3 is 0 Å². The number of likely N-dealkylation sites (tertiary alicyclic amines) is 1. The Bertz CT molecular complexity index is 510. The van der Waals surface area contributed by atoms with Crippen LogP contribution in [0.25, 0.3) is 0 Å².